The lowest BCUT2D eigenvalue weighted by Crippen LogP contribution is -2.24. The molecule has 0 bridgehead atoms. The summed E-state index contributed by atoms with van der Waals surface area (Å²) in [5.41, 5.74) is 0.793. The molecule has 0 aliphatic carbocycles. The molecular weight excluding hydrogens is 299 g/mol. The highest BCUT2D eigenvalue weighted by Crippen LogP contribution is 2.22. The summed E-state index contributed by atoms with van der Waals surface area (Å²) in [4.78, 5) is 11.6. The van der Waals surface area contributed by atoms with Crippen molar-refractivity contribution in [3.05, 3.63) is 52.4 Å². The van der Waals surface area contributed by atoms with Crippen molar-refractivity contribution in [3.63, 3.8) is 0 Å². The third kappa shape index (κ3) is 4.79. The molecule has 0 radical (unpaired) electrons. The Hall–Kier alpha value is -1.65. The number of benzene rings is 1. The van der Waals surface area contributed by atoms with E-state index in [1.54, 1.807) is 30.5 Å². The number of anilines is 1. The molecule has 20 heavy (non-hydrogen) atoms. The lowest BCUT2D eigenvalue weighted by molar-refractivity contribution is -0.121. The summed E-state index contributed by atoms with van der Waals surface area (Å²) >= 11 is 11.8. The van der Waals surface area contributed by atoms with Gasteiger partial charge in [0.1, 0.15) is 5.76 Å². The zero-order valence-corrected chi connectivity index (χ0v) is 12.2. The molecule has 4 nitrogen and oxygen atoms in total. The third-order valence-electron chi connectivity index (χ3n) is 2.58. The van der Waals surface area contributed by atoms with Gasteiger partial charge in [-0.3, -0.25) is 4.79 Å². The summed E-state index contributed by atoms with van der Waals surface area (Å²) in [7, 11) is 0. The Morgan fingerprint density at radius 1 is 1.20 bits per heavy atom. The monoisotopic (exact) mass is 312 g/mol. The van der Waals surface area contributed by atoms with Gasteiger partial charge in [-0.05, 0) is 30.3 Å². The van der Waals surface area contributed by atoms with Crippen molar-refractivity contribution in [2.75, 3.05) is 11.9 Å². The normalized spacial score (nSPS) is 10.3. The van der Waals surface area contributed by atoms with Gasteiger partial charge in [0, 0.05) is 28.7 Å². The van der Waals surface area contributed by atoms with E-state index in [2.05, 4.69) is 10.6 Å². The molecule has 6 heteroatoms. The van der Waals surface area contributed by atoms with Crippen LogP contribution in [0.25, 0.3) is 0 Å². The molecule has 2 N–H and O–H groups in total. The average molecular weight is 313 g/mol. The second-order valence-electron chi connectivity index (χ2n) is 4.19. The van der Waals surface area contributed by atoms with Crippen LogP contribution in [0.4, 0.5) is 5.69 Å². The van der Waals surface area contributed by atoms with Gasteiger partial charge in [0.05, 0.1) is 12.8 Å². The highest BCUT2D eigenvalue weighted by molar-refractivity contribution is 6.35. The second kappa shape index (κ2) is 7.22. The molecule has 2 aromatic rings. The zero-order valence-electron chi connectivity index (χ0n) is 10.7. The van der Waals surface area contributed by atoms with Gasteiger partial charge in [0.25, 0.3) is 0 Å². The first kappa shape index (κ1) is 14.8. The first-order chi connectivity index (χ1) is 9.63. The summed E-state index contributed by atoms with van der Waals surface area (Å²) in [6.45, 7) is 0.898. The molecule has 106 valence electrons. The molecule has 0 fully saturated rings. The molecule has 0 atom stereocenters. The maximum atomic E-state index is 11.6. The van der Waals surface area contributed by atoms with E-state index < -0.39 is 0 Å². The Kier molecular flexibility index (Phi) is 5.32. The van der Waals surface area contributed by atoms with Gasteiger partial charge >= 0.3 is 0 Å². The van der Waals surface area contributed by atoms with Crippen molar-refractivity contribution >= 4 is 34.8 Å². The Morgan fingerprint density at radius 2 is 1.95 bits per heavy atom. The molecule has 0 saturated heterocycles. The van der Waals surface area contributed by atoms with Crippen LogP contribution in [0.3, 0.4) is 0 Å². The van der Waals surface area contributed by atoms with Crippen LogP contribution < -0.4 is 10.6 Å². The fourth-order valence-electron chi connectivity index (χ4n) is 1.66. The van der Waals surface area contributed by atoms with Crippen LogP contribution in [0.1, 0.15) is 12.2 Å². The molecule has 1 aromatic carbocycles. The minimum atomic E-state index is -0.0537. The van der Waals surface area contributed by atoms with Crippen LogP contribution in [0.5, 0.6) is 0 Å². The van der Waals surface area contributed by atoms with E-state index in [4.69, 9.17) is 27.6 Å². The minimum absolute atomic E-state index is 0.0537. The molecule has 0 spiro atoms. The van der Waals surface area contributed by atoms with E-state index in [-0.39, 0.29) is 5.91 Å². The lowest BCUT2D eigenvalue weighted by Gasteiger charge is -2.07. The Balaban J connectivity index is 1.71. The van der Waals surface area contributed by atoms with E-state index in [9.17, 15) is 4.79 Å². The van der Waals surface area contributed by atoms with Crippen LogP contribution in [0.15, 0.2) is 41.0 Å². The smallest absolute Gasteiger partial charge is 0.222 e. The molecular formula is C14H14Cl2N2O2. The number of halogens is 2. The van der Waals surface area contributed by atoms with Gasteiger partial charge in [-0.15, -0.1) is 0 Å². The maximum absolute atomic E-state index is 11.6. The highest BCUT2D eigenvalue weighted by atomic mass is 35.5. The number of carbonyl (C=O) groups is 1. The van der Waals surface area contributed by atoms with Crippen molar-refractivity contribution in [2.24, 2.45) is 0 Å². The summed E-state index contributed by atoms with van der Waals surface area (Å²) in [6, 6.07) is 8.77. The molecule has 1 heterocycles. The zero-order chi connectivity index (χ0) is 14.4. The predicted molar refractivity (Wildman–Crippen MR) is 80.1 cm³/mol. The van der Waals surface area contributed by atoms with Gasteiger partial charge in [-0.25, -0.2) is 0 Å². The van der Waals surface area contributed by atoms with Crippen LogP contribution in [-0.2, 0) is 11.3 Å². The third-order valence-corrected chi connectivity index (χ3v) is 3.02. The topological polar surface area (TPSA) is 54.3 Å². The summed E-state index contributed by atoms with van der Waals surface area (Å²) < 4.78 is 5.12. The van der Waals surface area contributed by atoms with Crippen molar-refractivity contribution in [1.82, 2.24) is 5.32 Å². The number of amides is 1. The number of hydrogen-bond acceptors (Lipinski definition) is 3. The van der Waals surface area contributed by atoms with Gasteiger partial charge in [-0.2, -0.15) is 0 Å². The van der Waals surface area contributed by atoms with E-state index >= 15 is 0 Å². The highest BCUT2D eigenvalue weighted by Gasteiger charge is 2.03. The first-order valence-corrected chi connectivity index (χ1v) is 6.88. The fraction of sp³-hybridized carbons (Fsp3) is 0.214. The molecule has 1 aromatic heterocycles. The maximum Gasteiger partial charge on any atom is 0.222 e. The quantitative estimate of drug-likeness (QED) is 0.855. The van der Waals surface area contributed by atoms with Crippen molar-refractivity contribution in [1.29, 1.82) is 0 Å². The first-order valence-electron chi connectivity index (χ1n) is 6.12. The molecule has 0 aliphatic rings. The lowest BCUT2D eigenvalue weighted by atomic mass is 10.3. The standard InChI is InChI=1S/C14H14Cl2N2O2/c15-10-6-11(16)8-12(7-10)17-4-3-14(19)18-9-13-2-1-5-20-13/h1-2,5-8,17H,3-4,9H2,(H,18,19). The Labute approximate surface area is 127 Å². The number of nitrogens with one attached hydrogen (secondary N) is 2. The summed E-state index contributed by atoms with van der Waals surface area (Å²) in [5, 5.41) is 6.98. The van der Waals surface area contributed by atoms with E-state index in [1.807, 2.05) is 6.07 Å². The second-order valence-corrected chi connectivity index (χ2v) is 5.06. The van der Waals surface area contributed by atoms with Crippen LogP contribution in [0.2, 0.25) is 10.0 Å². The molecule has 1 amide bonds. The molecule has 2 rings (SSSR count). The average Bonchev–Trinajstić information content (AvgIpc) is 2.88. The van der Waals surface area contributed by atoms with Gasteiger partial charge in [-0.1, -0.05) is 23.2 Å². The van der Waals surface area contributed by atoms with Crippen LogP contribution in [-0.4, -0.2) is 12.5 Å². The largest absolute Gasteiger partial charge is 0.467 e. The van der Waals surface area contributed by atoms with Crippen molar-refractivity contribution in [2.45, 2.75) is 13.0 Å². The predicted octanol–water partition coefficient (Wildman–Crippen LogP) is 3.70. The van der Waals surface area contributed by atoms with Crippen molar-refractivity contribution in [3.8, 4) is 0 Å². The number of hydrogen-bond donors (Lipinski definition) is 2. The molecule has 0 unspecified atom stereocenters. The minimum Gasteiger partial charge on any atom is -0.467 e. The summed E-state index contributed by atoms with van der Waals surface area (Å²) in [5.74, 6) is 0.676. The fourth-order valence-corrected chi connectivity index (χ4v) is 2.19. The summed E-state index contributed by atoms with van der Waals surface area (Å²) in [6.07, 6.45) is 1.93. The van der Waals surface area contributed by atoms with E-state index in [0.717, 1.165) is 11.4 Å². The number of carbonyl (C=O) groups excluding carboxylic acids is 1. The molecule has 0 aliphatic heterocycles. The van der Waals surface area contributed by atoms with E-state index in [1.165, 1.54) is 0 Å². The number of rotatable bonds is 6. The SMILES string of the molecule is O=C(CCNc1cc(Cl)cc(Cl)c1)NCc1ccco1. The van der Waals surface area contributed by atoms with E-state index in [0.29, 0.717) is 29.6 Å². The van der Waals surface area contributed by atoms with Crippen molar-refractivity contribution < 1.29 is 9.21 Å². The van der Waals surface area contributed by atoms with Crippen LogP contribution >= 0.6 is 23.2 Å². The molecule has 0 saturated carbocycles. The van der Waals surface area contributed by atoms with Crippen LogP contribution in [0, 0.1) is 0 Å². The Bertz CT molecular complexity index is 550. The number of furan rings is 1. The van der Waals surface area contributed by atoms with Gasteiger partial charge in [0.2, 0.25) is 5.91 Å². The van der Waals surface area contributed by atoms with Gasteiger partial charge in [0.15, 0.2) is 0 Å². The van der Waals surface area contributed by atoms with Gasteiger partial charge < -0.3 is 15.1 Å². The Morgan fingerprint density at radius 3 is 2.60 bits per heavy atom.